The Hall–Kier alpha value is -2.59. The van der Waals surface area contributed by atoms with Gasteiger partial charge in [0, 0.05) is 54.7 Å². The molecule has 0 spiro atoms. The Kier molecular flexibility index (Phi) is 4.21. The van der Waals surface area contributed by atoms with Gasteiger partial charge in [0.15, 0.2) is 0 Å². The van der Waals surface area contributed by atoms with Crippen LogP contribution in [0.2, 0.25) is 0 Å². The maximum Gasteiger partial charge on any atom is 0.222 e. The summed E-state index contributed by atoms with van der Waals surface area (Å²) in [6, 6.07) is 10.1. The highest BCUT2D eigenvalue weighted by molar-refractivity contribution is 5.84. The van der Waals surface area contributed by atoms with Crippen LogP contribution in [0.1, 0.15) is 12.1 Å². The minimum Gasteiger partial charge on any atom is -0.342 e. The second-order valence-electron chi connectivity index (χ2n) is 5.55. The van der Waals surface area contributed by atoms with E-state index < -0.39 is 0 Å². The third kappa shape index (κ3) is 3.02. The monoisotopic (exact) mass is 295 g/mol. The number of carbonyl (C=O) groups excluding carboxylic acids is 1. The van der Waals surface area contributed by atoms with Crippen molar-refractivity contribution in [1.82, 2.24) is 9.88 Å². The van der Waals surface area contributed by atoms with Crippen molar-refractivity contribution < 1.29 is 4.79 Å². The number of azide groups is 1. The van der Waals surface area contributed by atoms with Gasteiger partial charge in [-0.15, -0.1) is 0 Å². The zero-order valence-corrected chi connectivity index (χ0v) is 12.2. The highest BCUT2D eigenvalue weighted by atomic mass is 16.2. The van der Waals surface area contributed by atoms with E-state index >= 15 is 0 Å². The molecule has 1 unspecified atom stereocenters. The van der Waals surface area contributed by atoms with Crippen LogP contribution in [0.5, 0.6) is 0 Å². The van der Waals surface area contributed by atoms with Gasteiger partial charge in [0.05, 0.1) is 0 Å². The summed E-state index contributed by atoms with van der Waals surface area (Å²) in [5.41, 5.74) is 9.38. The SMILES string of the molecule is [N-]=[N+]=NCC1CC(=O)N(CCc2nccc3ccccc23)C1. The van der Waals surface area contributed by atoms with E-state index in [0.717, 1.165) is 17.5 Å². The summed E-state index contributed by atoms with van der Waals surface area (Å²) in [6.07, 6.45) is 3.03. The van der Waals surface area contributed by atoms with Crippen LogP contribution >= 0.6 is 0 Å². The van der Waals surface area contributed by atoms with E-state index in [1.54, 1.807) is 0 Å². The number of pyridine rings is 1. The number of amides is 1. The molecule has 1 aliphatic rings. The molecule has 1 fully saturated rings. The van der Waals surface area contributed by atoms with Crippen molar-refractivity contribution in [2.75, 3.05) is 19.6 Å². The van der Waals surface area contributed by atoms with Crippen molar-refractivity contribution in [2.45, 2.75) is 12.8 Å². The molecule has 0 aliphatic carbocycles. The standard InChI is InChI=1S/C16H17N5O/c17-20-19-10-12-9-16(22)21(11-12)8-6-15-14-4-2-1-3-13(14)5-7-18-15/h1-5,7,12H,6,8-11H2. The van der Waals surface area contributed by atoms with Crippen LogP contribution in [0.3, 0.4) is 0 Å². The van der Waals surface area contributed by atoms with E-state index in [2.05, 4.69) is 27.1 Å². The predicted molar refractivity (Wildman–Crippen MR) is 84.1 cm³/mol. The van der Waals surface area contributed by atoms with Gasteiger partial charge in [0.1, 0.15) is 0 Å². The number of aromatic nitrogens is 1. The molecule has 0 radical (unpaired) electrons. The molecular weight excluding hydrogens is 278 g/mol. The summed E-state index contributed by atoms with van der Waals surface area (Å²) < 4.78 is 0. The molecule has 2 heterocycles. The van der Waals surface area contributed by atoms with Crippen LogP contribution in [-0.2, 0) is 11.2 Å². The molecule has 2 aromatic rings. The maximum atomic E-state index is 12.0. The van der Waals surface area contributed by atoms with E-state index in [1.807, 2.05) is 29.3 Å². The Morgan fingerprint density at radius 3 is 3.09 bits per heavy atom. The van der Waals surface area contributed by atoms with Crippen molar-refractivity contribution >= 4 is 16.7 Å². The van der Waals surface area contributed by atoms with Gasteiger partial charge in [-0.2, -0.15) is 0 Å². The number of carbonyl (C=O) groups is 1. The Bertz CT molecular complexity index is 733. The largest absolute Gasteiger partial charge is 0.342 e. The number of likely N-dealkylation sites (tertiary alicyclic amines) is 1. The Balaban J connectivity index is 1.67. The Labute approximate surface area is 128 Å². The van der Waals surface area contributed by atoms with Crippen molar-refractivity contribution in [2.24, 2.45) is 11.0 Å². The lowest BCUT2D eigenvalue weighted by Gasteiger charge is -2.16. The molecular formula is C16H17N5O. The second-order valence-corrected chi connectivity index (χ2v) is 5.55. The van der Waals surface area contributed by atoms with Gasteiger partial charge >= 0.3 is 0 Å². The molecule has 6 heteroatoms. The normalized spacial score (nSPS) is 17.7. The maximum absolute atomic E-state index is 12.0. The number of hydrogen-bond donors (Lipinski definition) is 0. The third-order valence-corrected chi connectivity index (χ3v) is 4.07. The Morgan fingerprint density at radius 1 is 1.36 bits per heavy atom. The van der Waals surface area contributed by atoms with Gasteiger partial charge in [-0.1, -0.05) is 29.4 Å². The summed E-state index contributed by atoms with van der Waals surface area (Å²) in [5.74, 6) is 0.280. The highest BCUT2D eigenvalue weighted by Crippen LogP contribution is 2.20. The molecule has 3 rings (SSSR count). The van der Waals surface area contributed by atoms with Gasteiger partial charge in [-0.3, -0.25) is 9.78 Å². The fraction of sp³-hybridized carbons (Fsp3) is 0.375. The summed E-state index contributed by atoms with van der Waals surface area (Å²) in [7, 11) is 0. The quantitative estimate of drug-likeness (QED) is 0.482. The topological polar surface area (TPSA) is 82.0 Å². The van der Waals surface area contributed by atoms with Crippen LogP contribution in [0.15, 0.2) is 41.6 Å². The first-order chi connectivity index (χ1) is 10.8. The van der Waals surface area contributed by atoms with E-state index in [4.69, 9.17) is 5.53 Å². The highest BCUT2D eigenvalue weighted by Gasteiger charge is 2.28. The number of rotatable bonds is 5. The second kappa shape index (κ2) is 6.45. The van der Waals surface area contributed by atoms with Gasteiger partial charge in [-0.25, -0.2) is 0 Å². The molecule has 6 nitrogen and oxygen atoms in total. The van der Waals surface area contributed by atoms with E-state index in [-0.39, 0.29) is 11.8 Å². The average Bonchev–Trinajstić information content (AvgIpc) is 2.91. The van der Waals surface area contributed by atoms with Crippen molar-refractivity contribution in [3.63, 3.8) is 0 Å². The number of fused-ring (bicyclic) bond motifs is 1. The molecule has 1 saturated heterocycles. The molecule has 1 aliphatic heterocycles. The van der Waals surface area contributed by atoms with Crippen LogP contribution in [0.25, 0.3) is 21.2 Å². The molecule has 0 N–H and O–H groups in total. The predicted octanol–water partition coefficient (Wildman–Crippen LogP) is 2.94. The minimum atomic E-state index is 0.137. The van der Waals surface area contributed by atoms with Crippen LogP contribution in [-0.4, -0.2) is 35.4 Å². The summed E-state index contributed by atoms with van der Waals surface area (Å²) in [6.45, 7) is 1.72. The van der Waals surface area contributed by atoms with E-state index in [9.17, 15) is 4.79 Å². The van der Waals surface area contributed by atoms with Crippen LogP contribution in [0, 0.1) is 5.92 Å². The minimum absolute atomic E-state index is 0.137. The summed E-state index contributed by atoms with van der Waals surface area (Å²) in [4.78, 5) is 21.1. The molecule has 1 aromatic carbocycles. The lowest BCUT2D eigenvalue weighted by atomic mass is 10.1. The van der Waals surface area contributed by atoms with Gasteiger partial charge in [0.2, 0.25) is 5.91 Å². The van der Waals surface area contributed by atoms with E-state index in [1.165, 1.54) is 5.39 Å². The number of hydrogen-bond acceptors (Lipinski definition) is 3. The molecule has 1 atom stereocenters. The van der Waals surface area contributed by atoms with Gasteiger partial charge < -0.3 is 4.90 Å². The first kappa shape index (κ1) is 14.4. The van der Waals surface area contributed by atoms with Gasteiger partial charge in [-0.05, 0) is 22.9 Å². The first-order valence-electron chi connectivity index (χ1n) is 7.39. The molecule has 112 valence electrons. The molecule has 1 aromatic heterocycles. The summed E-state index contributed by atoms with van der Waals surface area (Å²) >= 11 is 0. The Morgan fingerprint density at radius 2 is 2.23 bits per heavy atom. The fourth-order valence-electron chi connectivity index (χ4n) is 2.97. The molecule has 1 amide bonds. The van der Waals surface area contributed by atoms with Gasteiger partial charge in [0.25, 0.3) is 0 Å². The first-order valence-corrected chi connectivity index (χ1v) is 7.39. The fourth-order valence-corrected chi connectivity index (χ4v) is 2.97. The van der Waals surface area contributed by atoms with Crippen LogP contribution < -0.4 is 0 Å². The number of nitrogens with zero attached hydrogens (tertiary/aromatic N) is 5. The van der Waals surface area contributed by atoms with Crippen LogP contribution in [0.4, 0.5) is 0 Å². The van der Waals surface area contributed by atoms with Crippen molar-refractivity contribution in [1.29, 1.82) is 0 Å². The lowest BCUT2D eigenvalue weighted by molar-refractivity contribution is -0.127. The number of benzene rings is 1. The van der Waals surface area contributed by atoms with E-state index in [0.29, 0.717) is 26.1 Å². The smallest absolute Gasteiger partial charge is 0.222 e. The third-order valence-electron chi connectivity index (χ3n) is 4.07. The van der Waals surface area contributed by atoms with Crippen molar-refractivity contribution in [3.05, 3.63) is 52.7 Å². The average molecular weight is 295 g/mol. The summed E-state index contributed by atoms with van der Waals surface area (Å²) in [5, 5.41) is 5.88. The van der Waals surface area contributed by atoms with Crippen molar-refractivity contribution in [3.8, 4) is 0 Å². The molecule has 0 saturated carbocycles. The zero-order valence-electron chi connectivity index (χ0n) is 12.2. The lowest BCUT2D eigenvalue weighted by Crippen LogP contribution is -2.28. The molecule has 22 heavy (non-hydrogen) atoms. The molecule has 0 bridgehead atoms. The zero-order chi connectivity index (χ0) is 15.4.